The Balaban J connectivity index is 1.80. The van der Waals surface area contributed by atoms with Crippen molar-refractivity contribution >= 4 is 17.6 Å². The van der Waals surface area contributed by atoms with Crippen molar-refractivity contribution < 1.29 is 19.4 Å². The van der Waals surface area contributed by atoms with E-state index in [1.165, 1.54) is 11.1 Å². The molecule has 0 aliphatic carbocycles. The zero-order chi connectivity index (χ0) is 17.1. The highest BCUT2D eigenvalue weighted by Crippen LogP contribution is 2.30. The van der Waals surface area contributed by atoms with Crippen LogP contribution in [0.5, 0.6) is 5.75 Å². The molecule has 5 nitrogen and oxygen atoms in total. The number of fused-ring (bicyclic) bond motifs is 1. The molecule has 0 saturated carbocycles. The van der Waals surface area contributed by atoms with Crippen molar-refractivity contribution in [3.8, 4) is 5.75 Å². The number of anilines is 1. The summed E-state index contributed by atoms with van der Waals surface area (Å²) in [6.45, 7) is 2.38. The van der Waals surface area contributed by atoms with Gasteiger partial charge in [0.15, 0.2) is 6.61 Å². The topological polar surface area (TPSA) is 66.8 Å². The van der Waals surface area contributed by atoms with Crippen LogP contribution in [0.3, 0.4) is 0 Å². The van der Waals surface area contributed by atoms with E-state index in [2.05, 4.69) is 13.0 Å². The van der Waals surface area contributed by atoms with Gasteiger partial charge < -0.3 is 14.7 Å². The molecule has 1 N–H and O–H groups in total. The van der Waals surface area contributed by atoms with Gasteiger partial charge in [0.2, 0.25) is 0 Å². The number of nitrogens with zero attached hydrogens (tertiary/aromatic N) is 1. The SMILES string of the molecule is Cc1cccc2c1CCCN2C(=O)c1ccc(OCC(=O)O)cc1. The molecule has 2 aromatic carbocycles. The van der Waals surface area contributed by atoms with Crippen LogP contribution in [0, 0.1) is 6.92 Å². The van der Waals surface area contributed by atoms with Crippen LogP contribution in [0.4, 0.5) is 5.69 Å². The summed E-state index contributed by atoms with van der Waals surface area (Å²) in [5, 5.41) is 8.62. The van der Waals surface area contributed by atoms with E-state index in [1.807, 2.05) is 17.0 Å². The van der Waals surface area contributed by atoms with E-state index >= 15 is 0 Å². The summed E-state index contributed by atoms with van der Waals surface area (Å²) in [6, 6.07) is 12.6. The standard InChI is InChI=1S/C19H19NO4/c1-13-4-2-6-17-16(13)5-3-11-20(17)19(23)14-7-9-15(10-8-14)24-12-18(21)22/h2,4,6-10H,3,5,11-12H2,1H3,(H,21,22). The Morgan fingerprint density at radius 1 is 1.17 bits per heavy atom. The molecule has 0 unspecified atom stereocenters. The Kier molecular flexibility index (Phi) is 4.51. The molecule has 0 spiro atoms. The van der Waals surface area contributed by atoms with Gasteiger partial charge in [0.25, 0.3) is 5.91 Å². The summed E-state index contributed by atoms with van der Waals surface area (Å²) < 4.78 is 5.10. The molecule has 0 atom stereocenters. The van der Waals surface area contributed by atoms with Gasteiger partial charge in [-0.3, -0.25) is 4.79 Å². The molecule has 1 amide bonds. The molecule has 0 aromatic heterocycles. The first-order chi connectivity index (χ1) is 11.6. The van der Waals surface area contributed by atoms with E-state index in [9.17, 15) is 9.59 Å². The first-order valence-electron chi connectivity index (χ1n) is 7.91. The molecule has 0 fully saturated rings. The van der Waals surface area contributed by atoms with Crippen LogP contribution in [0.2, 0.25) is 0 Å². The van der Waals surface area contributed by atoms with Crippen molar-refractivity contribution in [1.29, 1.82) is 0 Å². The van der Waals surface area contributed by atoms with Gasteiger partial charge in [-0.05, 0) is 61.2 Å². The lowest BCUT2D eigenvalue weighted by atomic mass is 9.96. The van der Waals surface area contributed by atoms with E-state index in [0.717, 1.165) is 18.5 Å². The smallest absolute Gasteiger partial charge is 0.341 e. The molecule has 124 valence electrons. The average molecular weight is 325 g/mol. The second-order valence-corrected chi connectivity index (χ2v) is 5.84. The molecular weight excluding hydrogens is 306 g/mol. The second kappa shape index (κ2) is 6.74. The number of benzene rings is 2. The summed E-state index contributed by atoms with van der Waals surface area (Å²) in [5.41, 5.74) is 3.99. The molecule has 1 aliphatic heterocycles. The van der Waals surface area contributed by atoms with Crippen LogP contribution >= 0.6 is 0 Å². The van der Waals surface area contributed by atoms with Gasteiger partial charge in [0.1, 0.15) is 5.75 Å². The molecule has 5 heteroatoms. The average Bonchev–Trinajstić information content (AvgIpc) is 2.60. The van der Waals surface area contributed by atoms with Crippen LogP contribution in [0.25, 0.3) is 0 Å². The molecule has 0 saturated heterocycles. The highest BCUT2D eigenvalue weighted by atomic mass is 16.5. The van der Waals surface area contributed by atoms with Crippen LogP contribution in [-0.2, 0) is 11.2 Å². The third-order valence-corrected chi connectivity index (χ3v) is 4.19. The van der Waals surface area contributed by atoms with Crippen molar-refractivity contribution in [1.82, 2.24) is 0 Å². The number of aliphatic carboxylic acids is 1. The molecule has 1 aliphatic rings. The number of carbonyl (C=O) groups excluding carboxylic acids is 1. The maximum atomic E-state index is 12.8. The number of ether oxygens (including phenoxy) is 1. The summed E-state index contributed by atoms with van der Waals surface area (Å²) in [4.78, 5) is 25.2. The van der Waals surface area contributed by atoms with Gasteiger partial charge in [0, 0.05) is 17.8 Å². The molecular formula is C19H19NO4. The predicted octanol–water partition coefficient (Wildman–Crippen LogP) is 3.05. The number of amides is 1. The Bertz CT molecular complexity index is 767. The number of aryl methyl sites for hydroxylation is 1. The maximum Gasteiger partial charge on any atom is 0.341 e. The number of carboxylic acid groups (broad SMARTS) is 1. The van der Waals surface area contributed by atoms with Crippen molar-refractivity contribution in [3.05, 3.63) is 59.2 Å². The van der Waals surface area contributed by atoms with E-state index in [4.69, 9.17) is 9.84 Å². The fraction of sp³-hybridized carbons (Fsp3) is 0.263. The number of carbonyl (C=O) groups is 2. The second-order valence-electron chi connectivity index (χ2n) is 5.84. The third-order valence-electron chi connectivity index (χ3n) is 4.19. The normalized spacial score (nSPS) is 13.3. The Morgan fingerprint density at radius 3 is 2.62 bits per heavy atom. The van der Waals surface area contributed by atoms with Crippen LogP contribution in [-0.4, -0.2) is 30.1 Å². The predicted molar refractivity (Wildman–Crippen MR) is 90.7 cm³/mol. The van der Waals surface area contributed by atoms with Crippen LogP contribution in [0.15, 0.2) is 42.5 Å². The molecule has 1 heterocycles. The minimum absolute atomic E-state index is 0.0497. The van der Waals surface area contributed by atoms with Crippen molar-refractivity contribution in [2.45, 2.75) is 19.8 Å². The molecule has 0 radical (unpaired) electrons. The van der Waals surface area contributed by atoms with E-state index in [1.54, 1.807) is 24.3 Å². The minimum Gasteiger partial charge on any atom is -0.482 e. The lowest BCUT2D eigenvalue weighted by molar-refractivity contribution is -0.139. The minimum atomic E-state index is -1.03. The van der Waals surface area contributed by atoms with E-state index < -0.39 is 12.6 Å². The molecule has 24 heavy (non-hydrogen) atoms. The fourth-order valence-electron chi connectivity index (χ4n) is 3.00. The summed E-state index contributed by atoms with van der Waals surface area (Å²) in [5.74, 6) is -0.648. The van der Waals surface area contributed by atoms with Gasteiger partial charge in [-0.25, -0.2) is 4.79 Å². The number of rotatable bonds is 4. The highest BCUT2D eigenvalue weighted by Gasteiger charge is 2.24. The zero-order valence-corrected chi connectivity index (χ0v) is 13.5. The summed E-state index contributed by atoms with van der Waals surface area (Å²) >= 11 is 0. The monoisotopic (exact) mass is 325 g/mol. The van der Waals surface area contributed by atoms with Gasteiger partial charge >= 0.3 is 5.97 Å². The fourth-order valence-corrected chi connectivity index (χ4v) is 3.00. The Morgan fingerprint density at radius 2 is 1.92 bits per heavy atom. The third kappa shape index (κ3) is 3.25. The van der Waals surface area contributed by atoms with Crippen LogP contribution in [0.1, 0.15) is 27.9 Å². The van der Waals surface area contributed by atoms with Crippen molar-refractivity contribution in [2.75, 3.05) is 18.1 Å². The first kappa shape index (κ1) is 16.1. The number of hydrogen-bond donors (Lipinski definition) is 1. The maximum absolute atomic E-state index is 12.8. The highest BCUT2D eigenvalue weighted by molar-refractivity contribution is 6.06. The largest absolute Gasteiger partial charge is 0.482 e. The lowest BCUT2D eigenvalue weighted by Crippen LogP contribution is -2.35. The van der Waals surface area contributed by atoms with E-state index in [-0.39, 0.29) is 5.91 Å². The van der Waals surface area contributed by atoms with Gasteiger partial charge in [-0.15, -0.1) is 0 Å². The Hall–Kier alpha value is -2.82. The van der Waals surface area contributed by atoms with Gasteiger partial charge in [-0.1, -0.05) is 12.1 Å². The molecule has 0 bridgehead atoms. The van der Waals surface area contributed by atoms with Crippen molar-refractivity contribution in [2.24, 2.45) is 0 Å². The van der Waals surface area contributed by atoms with Gasteiger partial charge in [-0.2, -0.15) is 0 Å². The summed E-state index contributed by atoms with van der Waals surface area (Å²) in [6.07, 6.45) is 1.94. The zero-order valence-electron chi connectivity index (χ0n) is 13.5. The molecule has 2 aromatic rings. The number of hydrogen-bond acceptors (Lipinski definition) is 3. The van der Waals surface area contributed by atoms with Crippen LogP contribution < -0.4 is 9.64 Å². The quantitative estimate of drug-likeness (QED) is 0.938. The molecule has 3 rings (SSSR count). The van der Waals surface area contributed by atoms with Gasteiger partial charge in [0.05, 0.1) is 0 Å². The number of carboxylic acids is 1. The van der Waals surface area contributed by atoms with Crippen molar-refractivity contribution in [3.63, 3.8) is 0 Å². The van der Waals surface area contributed by atoms with E-state index in [0.29, 0.717) is 17.9 Å². The Labute approximate surface area is 140 Å². The lowest BCUT2D eigenvalue weighted by Gasteiger charge is -2.30. The summed E-state index contributed by atoms with van der Waals surface area (Å²) in [7, 11) is 0. The first-order valence-corrected chi connectivity index (χ1v) is 7.91.